The van der Waals surface area contributed by atoms with Crippen molar-refractivity contribution in [1.82, 2.24) is 25.2 Å². The number of nitrogens with one attached hydrogen (secondary N) is 2. The number of aliphatic imine (C=N–C) groups is 1. The molecule has 2 N–H and O–H groups in total. The Labute approximate surface area is 189 Å². The van der Waals surface area contributed by atoms with Crippen molar-refractivity contribution < 1.29 is 0 Å². The molecule has 0 aliphatic rings. The van der Waals surface area contributed by atoms with Gasteiger partial charge in [0.25, 0.3) is 0 Å². The summed E-state index contributed by atoms with van der Waals surface area (Å²) in [4.78, 5) is 12.9. The third-order valence-electron chi connectivity index (χ3n) is 5.39. The molecule has 4 aromatic rings. The van der Waals surface area contributed by atoms with E-state index in [1.807, 2.05) is 29.1 Å². The average molecular weight is 425 g/mol. The Morgan fingerprint density at radius 2 is 1.66 bits per heavy atom. The van der Waals surface area contributed by atoms with Gasteiger partial charge >= 0.3 is 0 Å². The van der Waals surface area contributed by atoms with Crippen LogP contribution in [0.1, 0.15) is 29.0 Å². The molecule has 0 fully saturated rings. The van der Waals surface area contributed by atoms with Crippen molar-refractivity contribution in [1.29, 1.82) is 0 Å². The van der Waals surface area contributed by atoms with Crippen LogP contribution in [0.4, 0.5) is 0 Å². The second-order valence-corrected chi connectivity index (χ2v) is 7.51. The molecule has 0 bridgehead atoms. The SMILES string of the molecule is CN=C(NCCC(c1ccccc1)c1ccccc1)NCc1ccnc(-n2ccnc2)c1. The average Bonchev–Trinajstić information content (AvgIpc) is 3.40. The molecular weight excluding hydrogens is 396 g/mol. The van der Waals surface area contributed by atoms with E-state index in [4.69, 9.17) is 0 Å². The van der Waals surface area contributed by atoms with E-state index in [1.54, 1.807) is 19.6 Å². The maximum atomic E-state index is 4.41. The van der Waals surface area contributed by atoms with E-state index in [0.717, 1.165) is 30.3 Å². The quantitative estimate of drug-likeness (QED) is 0.329. The molecule has 2 aromatic carbocycles. The molecule has 0 spiro atoms. The number of guanidine groups is 1. The molecular formula is C26H28N6. The molecule has 0 aliphatic heterocycles. The summed E-state index contributed by atoms with van der Waals surface area (Å²) in [6, 6.07) is 25.4. The predicted molar refractivity (Wildman–Crippen MR) is 129 cm³/mol. The summed E-state index contributed by atoms with van der Waals surface area (Å²) in [7, 11) is 1.80. The lowest BCUT2D eigenvalue weighted by atomic mass is 9.88. The Bertz CT molecular complexity index is 1070. The molecule has 6 nitrogen and oxygen atoms in total. The van der Waals surface area contributed by atoms with Crippen molar-refractivity contribution in [2.24, 2.45) is 4.99 Å². The van der Waals surface area contributed by atoms with Crippen molar-refractivity contribution in [3.05, 3.63) is 114 Å². The fourth-order valence-corrected chi connectivity index (χ4v) is 3.74. The number of rotatable bonds is 8. The normalized spacial score (nSPS) is 11.5. The second kappa shape index (κ2) is 10.9. The van der Waals surface area contributed by atoms with Gasteiger partial charge in [-0.3, -0.25) is 9.56 Å². The summed E-state index contributed by atoms with van der Waals surface area (Å²) in [6.07, 6.45) is 8.16. The van der Waals surface area contributed by atoms with Gasteiger partial charge in [0.2, 0.25) is 0 Å². The van der Waals surface area contributed by atoms with Crippen molar-refractivity contribution in [3.8, 4) is 5.82 Å². The first-order valence-corrected chi connectivity index (χ1v) is 10.8. The van der Waals surface area contributed by atoms with Gasteiger partial charge in [-0.05, 0) is 35.2 Å². The van der Waals surface area contributed by atoms with Gasteiger partial charge in [0.15, 0.2) is 5.96 Å². The van der Waals surface area contributed by atoms with Crippen LogP contribution in [0.15, 0.2) is 103 Å². The van der Waals surface area contributed by atoms with Crippen molar-refractivity contribution in [2.45, 2.75) is 18.9 Å². The molecule has 0 saturated carbocycles. The van der Waals surface area contributed by atoms with E-state index in [1.165, 1.54) is 11.1 Å². The molecule has 2 aromatic heterocycles. The molecule has 0 saturated heterocycles. The first-order valence-electron chi connectivity index (χ1n) is 10.8. The lowest BCUT2D eigenvalue weighted by molar-refractivity contribution is 0.678. The number of benzene rings is 2. The van der Waals surface area contributed by atoms with E-state index in [-0.39, 0.29) is 0 Å². The largest absolute Gasteiger partial charge is 0.356 e. The van der Waals surface area contributed by atoms with Crippen LogP contribution >= 0.6 is 0 Å². The summed E-state index contributed by atoms with van der Waals surface area (Å²) in [5.41, 5.74) is 3.78. The summed E-state index contributed by atoms with van der Waals surface area (Å²) in [5, 5.41) is 6.86. The van der Waals surface area contributed by atoms with Crippen LogP contribution in [0.5, 0.6) is 0 Å². The summed E-state index contributed by atoms with van der Waals surface area (Å²) >= 11 is 0. The lowest BCUT2D eigenvalue weighted by Crippen LogP contribution is -2.37. The zero-order valence-corrected chi connectivity index (χ0v) is 18.2. The van der Waals surface area contributed by atoms with Crippen LogP contribution in [-0.4, -0.2) is 34.1 Å². The highest BCUT2D eigenvalue weighted by Gasteiger charge is 2.13. The van der Waals surface area contributed by atoms with E-state index in [2.05, 4.69) is 86.3 Å². The van der Waals surface area contributed by atoms with Gasteiger partial charge in [0, 0.05) is 44.6 Å². The standard InChI is InChI=1S/C26H28N6/c1-27-26(31-19-21-12-14-29-25(18-21)32-17-16-28-20-32)30-15-13-24(22-8-4-2-5-9-22)23-10-6-3-7-11-23/h2-12,14,16-18,20,24H,13,15,19H2,1H3,(H2,27,30,31). The first-order chi connectivity index (χ1) is 15.8. The minimum absolute atomic E-state index is 0.334. The Hall–Kier alpha value is -3.93. The third kappa shape index (κ3) is 5.60. The maximum absolute atomic E-state index is 4.41. The number of hydrogen-bond donors (Lipinski definition) is 2. The predicted octanol–water partition coefficient (Wildman–Crippen LogP) is 4.15. The van der Waals surface area contributed by atoms with Crippen molar-refractivity contribution in [2.75, 3.05) is 13.6 Å². The zero-order valence-electron chi connectivity index (χ0n) is 18.2. The van der Waals surface area contributed by atoms with Crippen LogP contribution < -0.4 is 10.6 Å². The molecule has 162 valence electrons. The molecule has 32 heavy (non-hydrogen) atoms. The molecule has 0 amide bonds. The Morgan fingerprint density at radius 3 is 2.28 bits per heavy atom. The van der Waals surface area contributed by atoms with E-state index in [9.17, 15) is 0 Å². The molecule has 2 heterocycles. The van der Waals surface area contributed by atoms with Gasteiger partial charge in [-0.1, -0.05) is 60.7 Å². The molecule has 0 atom stereocenters. The fraction of sp³-hybridized carbons (Fsp3) is 0.192. The molecule has 0 unspecified atom stereocenters. The zero-order chi connectivity index (χ0) is 22.0. The Kier molecular flexibility index (Phi) is 7.26. The first kappa shape index (κ1) is 21.3. The van der Waals surface area contributed by atoms with Gasteiger partial charge in [-0.25, -0.2) is 9.97 Å². The van der Waals surface area contributed by atoms with Gasteiger partial charge < -0.3 is 10.6 Å². The van der Waals surface area contributed by atoms with Gasteiger partial charge in [-0.15, -0.1) is 0 Å². The van der Waals surface area contributed by atoms with Crippen LogP contribution in [-0.2, 0) is 6.54 Å². The molecule has 4 rings (SSSR count). The number of imidazole rings is 1. The van der Waals surface area contributed by atoms with Gasteiger partial charge in [0.1, 0.15) is 12.1 Å². The minimum atomic E-state index is 0.334. The Balaban J connectivity index is 1.34. The van der Waals surface area contributed by atoms with E-state index in [0.29, 0.717) is 12.5 Å². The number of aromatic nitrogens is 3. The number of hydrogen-bond acceptors (Lipinski definition) is 3. The van der Waals surface area contributed by atoms with Crippen molar-refractivity contribution >= 4 is 5.96 Å². The molecule has 0 radical (unpaired) electrons. The van der Waals surface area contributed by atoms with Crippen LogP contribution in [0.3, 0.4) is 0 Å². The molecule has 6 heteroatoms. The number of pyridine rings is 1. The number of nitrogens with zero attached hydrogens (tertiary/aromatic N) is 4. The topological polar surface area (TPSA) is 67.1 Å². The highest BCUT2D eigenvalue weighted by molar-refractivity contribution is 5.79. The summed E-state index contributed by atoms with van der Waals surface area (Å²) in [5.74, 6) is 1.96. The smallest absolute Gasteiger partial charge is 0.191 e. The Morgan fingerprint density at radius 1 is 0.938 bits per heavy atom. The van der Waals surface area contributed by atoms with Gasteiger partial charge in [0.05, 0.1) is 0 Å². The van der Waals surface area contributed by atoms with E-state index >= 15 is 0 Å². The fourth-order valence-electron chi connectivity index (χ4n) is 3.74. The summed E-state index contributed by atoms with van der Waals surface area (Å²) in [6.45, 7) is 1.47. The minimum Gasteiger partial charge on any atom is -0.356 e. The van der Waals surface area contributed by atoms with Crippen molar-refractivity contribution in [3.63, 3.8) is 0 Å². The highest BCUT2D eigenvalue weighted by Crippen LogP contribution is 2.27. The molecule has 0 aliphatic carbocycles. The monoisotopic (exact) mass is 424 g/mol. The highest BCUT2D eigenvalue weighted by atomic mass is 15.2. The maximum Gasteiger partial charge on any atom is 0.191 e. The summed E-state index contributed by atoms with van der Waals surface area (Å²) < 4.78 is 1.89. The third-order valence-corrected chi connectivity index (χ3v) is 5.39. The second-order valence-electron chi connectivity index (χ2n) is 7.51. The van der Waals surface area contributed by atoms with Crippen LogP contribution in [0.2, 0.25) is 0 Å². The lowest BCUT2D eigenvalue weighted by Gasteiger charge is -2.19. The van der Waals surface area contributed by atoms with Crippen LogP contribution in [0.25, 0.3) is 5.82 Å². The van der Waals surface area contributed by atoms with E-state index < -0.39 is 0 Å². The van der Waals surface area contributed by atoms with Gasteiger partial charge in [-0.2, -0.15) is 0 Å². The van der Waals surface area contributed by atoms with Crippen LogP contribution in [0, 0.1) is 0 Å².